The largest absolute Gasteiger partial charge is 0.420 e. The van der Waals surface area contributed by atoms with E-state index in [0.717, 1.165) is 0 Å². The van der Waals surface area contributed by atoms with E-state index in [1.807, 2.05) is 0 Å². The summed E-state index contributed by atoms with van der Waals surface area (Å²) in [5.41, 5.74) is 0.978. The molecule has 0 radical (unpaired) electrons. The zero-order valence-electron chi connectivity index (χ0n) is 16.2. The van der Waals surface area contributed by atoms with Gasteiger partial charge in [0, 0.05) is 30.7 Å². The van der Waals surface area contributed by atoms with Gasteiger partial charge in [-0.3, -0.25) is 9.36 Å². The van der Waals surface area contributed by atoms with E-state index in [4.69, 9.17) is 4.42 Å². The zero-order valence-corrected chi connectivity index (χ0v) is 18.6. The average Bonchev–Trinajstić information content (AvgIpc) is 3.08. The molecule has 0 aliphatic carbocycles. The molecule has 10 heteroatoms. The van der Waals surface area contributed by atoms with Gasteiger partial charge in [-0.25, -0.2) is 13.2 Å². The fourth-order valence-electron chi connectivity index (χ4n) is 3.65. The lowest BCUT2D eigenvalue weighted by molar-refractivity contribution is -0.135. The number of hydrogen-bond acceptors (Lipinski definition) is 5. The number of benzene rings is 2. The molecule has 30 heavy (non-hydrogen) atoms. The summed E-state index contributed by atoms with van der Waals surface area (Å²) < 4.78 is 34.4. The van der Waals surface area contributed by atoms with Crippen molar-refractivity contribution < 1.29 is 17.6 Å². The Bertz CT molecular complexity index is 1260. The number of rotatable bonds is 4. The fraction of sp³-hybridized carbons (Fsp3) is 0.300. The summed E-state index contributed by atoms with van der Waals surface area (Å²) in [6, 6.07) is 12.7. The lowest BCUT2D eigenvalue weighted by Gasteiger charge is -2.35. The number of nitrogens with zero attached hydrogens (tertiary/aromatic N) is 3. The maximum Gasteiger partial charge on any atom is 0.420 e. The van der Waals surface area contributed by atoms with Crippen LogP contribution in [0.2, 0.25) is 0 Å². The summed E-state index contributed by atoms with van der Waals surface area (Å²) in [5, 5.41) is 0. The molecule has 2 aromatic carbocycles. The molecule has 1 aromatic heterocycles. The van der Waals surface area contributed by atoms with Crippen molar-refractivity contribution in [2.45, 2.75) is 17.9 Å². The summed E-state index contributed by atoms with van der Waals surface area (Å²) in [4.78, 5) is 27.1. The number of aromatic nitrogens is 1. The van der Waals surface area contributed by atoms with Gasteiger partial charge in [0.1, 0.15) is 6.04 Å². The van der Waals surface area contributed by atoms with Crippen LogP contribution in [-0.2, 0) is 14.8 Å². The summed E-state index contributed by atoms with van der Waals surface area (Å²) >= 11 is 3.29. The minimum absolute atomic E-state index is 0.189. The zero-order chi connectivity index (χ0) is 21.5. The molecule has 1 aliphatic rings. The first-order chi connectivity index (χ1) is 14.3. The molecule has 158 valence electrons. The van der Waals surface area contributed by atoms with Crippen LogP contribution >= 0.6 is 15.9 Å². The first-order valence-electron chi connectivity index (χ1n) is 9.43. The molecule has 0 bridgehead atoms. The number of oxazole rings is 1. The van der Waals surface area contributed by atoms with Crippen molar-refractivity contribution in [2.24, 2.45) is 0 Å². The molecular formula is C20H20BrN3O5S. The molecule has 4 rings (SSSR count). The number of fused-ring (bicyclic) bond motifs is 1. The Morgan fingerprint density at radius 3 is 2.47 bits per heavy atom. The fourth-order valence-corrected chi connectivity index (χ4v) is 5.67. The molecule has 3 aromatic rings. The van der Waals surface area contributed by atoms with E-state index < -0.39 is 21.8 Å². The van der Waals surface area contributed by atoms with E-state index in [1.54, 1.807) is 60.4 Å². The predicted octanol–water partition coefficient (Wildman–Crippen LogP) is 2.45. The quantitative estimate of drug-likeness (QED) is 0.556. The van der Waals surface area contributed by atoms with Crippen molar-refractivity contribution in [3.63, 3.8) is 0 Å². The maximum atomic E-state index is 13.0. The van der Waals surface area contributed by atoms with Gasteiger partial charge in [0.15, 0.2) is 5.58 Å². The highest BCUT2D eigenvalue weighted by molar-refractivity contribution is 9.10. The lowest BCUT2D eigenvalue weighted by atomic mass is 10.2. The van der Waals surface area contributed by atoms with Gasteiger partial charge >= 0.3 is 5.76 Å². The van der Waals surface area contributed by atoms with Crippen LogP contribution in [0, 0.1) is 0 Å². The molecule has 0 saturated carbocycles. The summed E-state index contributed by atoms with van der Waals surface area (Å²) in [7, 11) is -3.64. The normalized spacial score (nSPS) is 16.7. The highest BCUT2D eigenvalue weighted by Crippen LogP contribution is 2.23. The van der Waals surface area contributed by atoms with E-state index in [1.165, 1.54) is 8.87 Å². The third-order valence-corrected chi connectivity index (χ3v) is 7.64. The number of para-hydroxylation sites is 2. The van der Waals surface area contributed by atoms with Crippen LogP contribution < -0.4 is 5.76 Å². The molecule has 1 amide bonds. The van der Waals surface area contributed by atoms with E-state index in [9.17, 15) is 18.0 Å². The number of carbonyl (C=O) groups excluding carboxylic acids is 1. The van der Waals surface area contributed by atoms with Gasteiger partial charge in [-0.2, -0.15) is 4.31 Å². The third kappa shape index (κ3) is 3.70. The lowest BCUT2D eigenvalue weighted by Crippen LogP contribution is -2.52. The van der Waals surface area contributed by atoms with Crippen molar-refractivity contribution in [1.29, 1.82) is 0 Å². The topological polar surface area (TPSA) is 92.8 Å². The SMILES string of the molecule is CC(C(=O)N1CCN(S(=O)(=O)c2cccc(Br)c2)CC1)n1c(=O)oc2ccccc21. The van der Waals surface area contributed by atoms with Crippen molar-refractivity contribution >= 4 is 43.0 Å². The van der Waals surface area contributed by atoms with Gasteiger partial charge in [-0.15, -0.1) is 0 Å². The Morgan fingerprint density at radius 1 is 1.07 bits per heavy atom. The molecule has 0 spiro atoms. The van der Waals surface area contributed by atoms with Gasteiger partial charge in [0.2, 0.25) is 15.9 Å². The summed E-state index contributed by atoms with van der Waals surface area (Å²) in [5.74, 6) is -0.837. The Kier molecular flexibility index (Phi) is 5.56. The number of carbonyl (C=O) groups is 1. The van der Waals surface area contributed by atoms with Crippen LogP contribution in [0.5, 0.6) is 0 Å². The predicted molar refractivity (Wildman–Crippen MR) is 115 cm³/mol. The van der Waals surface area contributed by atoms with Gasteiger partial charge in [-0.1, -0.05) is 34.1 Å². The number of sulfonamides is 1. The Morgan fingerprint density at radius 2 is 1.77 bits per heavy atom. The van der Waals surface area contributed by atoms with Gasteiger partial charge in [0.25, 0.3) is 0 Å². The van der Waals surface area contributed by atoms with Crippen molar-refractivity contribution in [1.82, 2.24) is 13.8 Å². The van der Waals surface area contributed by atoms with Gasteiger partial charge < -0.3 is 9.32 Å². The molecular weight excluding hydrogens is 474 g/mol. The van der Waals surface area contributed by atoms with E-state index in [-0.39, 0.29) is 37.0 Å². The monoisotopic (exact) mass is 493 g/mol. The van der Waals surface area contributed by atoms with Crippen LogP contribution in [0.3, 0.4) is 0 Å². The number of hydrogen-bond donors (Lipinski definition) is 0. The Hall–Kier alpha value is -2.43. The molecule has 2 heterocycles. The minimum atomic E-state index is -3.64. The summed E-state index contributed by atoms with van der Waals surface area (Å²) in [6.45, 7) is 2.53. The smallest absolute Gasteiger partial charge is 0.408 e. The van der Waals surface area contributed by atoms with Crippen LogP contribution in [0.25, 0.3) is 11.1 Å². The molecule has 1 saturated heterocycles. The number of amides is 1. The Labute approximate surface area is 181 Å². The second-order valence-electron chi connectivity index (χ2n) is 7.07. The van der Waals surface area contributed by atoms with Crippen molar-refractivity contribution in [2.75, 3.05) is 26.2 Å². The van der Waals surface area contributed by atoms with Crippen LogP contribution in [-0.4, -0.2) is 54.3 Å². The second-order valence-corrected chi connectivity index (χ2v) is 9.92. The van der Waals surface area contributed by atoms with Crippen molar-refractivity contribution in [3.8, 4) is 0 Å². The van der Waals surface area contributed by atoms with Crippen LogP contribution in [0.15, 0.2) is 67.1 Å². The molecule has 1 unspecified atom stereocenters. The van der Waals surface area contributed by atoms with Crippen LogP contribution in [0.4, 0.5) is 0 Å². The average molecular weight is 494 g/mol. The first-order valence-corrected chi connectivity index (χ1v) is 11.7. The Balaban J connectivity index is 1.49. The molecule has 8 nitrogen and oxygen atoms in total. The van der Waals surface area contributed by atoms with E-state index >= 15 is 0 Å². The van der Waals surface area contributed by atoms with Crippen molar-refractivity contribution in [3.05, 3.63) is 63.6 Å². The first kappa shape index (κ1) is 20.8. The molecule has 1 aliphatic heterocycles. The highest BCUT2D eigenvalue weighted by atomic mass is 79.9. The third-order valence-electron chi connectivity index (χ3n) is 5.25. The molecule has 0 N–H and O–H groups in total. The maximum absolute atomic E-state index is 13.0. The second kappa shape index (κ2) is 8.01. The minimum Gasteiger partial charge on any atom is -0.408 e. The number of halogens is 1. The van der Waals surface area contributed by atoms with Gasteiger partial charge in [0.05, 0.1) is 10.4 Å². The standard InChI is InChI=1S/C20H20BrN3O5S/c1-14(24-17-7-2-3-8-18(17)29-20(24)26)19(25)22-9-11-23(12-10-22)30(27,28)16-6-4-5-15(21)13-16/h2-8,13-14H,9-12H2,1H3. The van der Waals surface area contributed by atoms with E-state index in [2.05, 4.69) is 15.9 Å². The molecule has 1 fully saturated rings. The van der Waals surface area contributed by atoms with E-state index in [0.29, 0.717) is 15.6 Å². The molecule has 1 atom stereocenters. The summed E-state index contributed by atoms with van der Waals surface area (Å²) in [6.07, 6.45) is 0. The van der Waals surface area contributed by atoms with Crippen LogP contribution in [0.1, 0.15) is 13.0 Å². The highest BCUT2D eigenvalue weighted by Gasteiger charge is 2.33. The number of piperazine rings is 1. The van der Waals surface area contributed by atoms with Gasteiger partial charge in [-0.05, 0) is 37.3 Å².